The number of hydrazone groups is 1. The van der Waals surface area contributed by atoms with Gasteiger partial charge in [-0.15, -0.1) is 5.10 Å². The number of rotatable bonds is 6. The number of fused-ring (bicyclic) bond motifs is 1. The Bertz CT molecular complexity index is 1620. The van der Waals surface area contributed by atoms with Gasteiger partial charge in [0.15, 0.2) is 21.3 Å². The van der Waals surface area contributed by atoms with Crippen LogP contribution in [0.4, 0.5) is 8.78 Å². The van der Waals surface area contributed by atoms with Gasteiger partial charge >= 0.3 is 0 Å². The molecule has 0 aromatic heterocycles. The summed E-state index contributed by atoms with van der Waals surface area (Å²) >= 11 is 0. The van der Waals surface area contributed by atoms with Crippen molar-refractivity contribution < 1.29 is 31.5 Å². The maximum Gasteiger partial charge on any atom is 0.251 e. The highest BCUT2D eigenvalue weighted by Gasteiger charge is 2.33. The molecule has 1 atom stereocenters. The van der Waals surface area contributed by atoms with Gasteiger partial charge in [-0.1, -0.05) is 25.1 Å². The van der Waals surface area contributed by atoms with Crippen molar-refractivity contribution in [3.05, 3.63) is 87.5 Å². The van der Waals surface area contributed by atoms with E-state index in [2.05, 4.69) is 10.4 Å². The summed E-state index contributed by atoms with van der Waals surface area (Å²) in [5, 5.41) is 8.94. The van der Waals surface area contributed by atoms with Crippen molar-refractivity contribution in [1.29, 1.82) is 0 Å². The maximum absolute atomic E-state index is 14.7. The Labute approximate surface area is 231 Å². The number of carbonyl (C=O) groups excluding carboxylic acids is 1. The van der Waals surface area contributed by atoms with Crippen LogP contribution in [0.15, 0.2) is 64.3 Å². The molecule has 0 radical (unpaired) electrons. The van der Waals surface area contributed by atoms with Gasteiger partial charge < -0.3 is 14.8 Å². The molecule has 1 unspecified atom stereocenters. The molecule has 1 N–H and O–H groups in total. The van der Waals surface area contributed by atoms with Crippen molar-refractivity contribution in [3.8, 4) is 11.5 Å². The molecule has 0 spiro atoms. The van der Waals surface area contributed by atoms with Gasteiger partial charge in [-0.2, -0.15) is 8.78 Å². The van der Waals surface area contributed by atoms with E-state index in [4.69, 9.17) is 9.47 Å². The topological polar surface area (TPSA) is 97.3 Å². The second-order valence-corrected chi connectivity index (χ2v) is 12.1. The summed E-state index contributed by atoms with van der Waals surface area (Å²) in [6, 6.07) is 7.95. The Hall–Kier alpha value is -3.99. The van der Waals surface area contributed by atoms with Crippen LogP contribution in [0, 0.1) is 24.5 Å². The van der Waals surface area contributed by atoms with Gasteiger partial charge in [0.05, 0.1) is 23.4 Å². The highest BCUT2D eigenvalue weighted by molar-refractivity contribution is 7.94. The first-order chi connectivity index (χ1) is 19.0. The zero-order chi connectivity index (χ0) is 28.8. The number of carbonyl (C=O) groups is 1. The smallest absolute Gasteiger partial charge is 0.251 e. The molecule has 2 aromatic carbocycles. The molecule has 2 aromatic rings. The number of allylic oxidation sites excluding steroid dienone is 2. The Morgan fingerprint density at radius 3 is 2.45 bits per heavy atom. The Morgan fingerprint density at radius 1 is 1.10 bits per heavy atom. The van der Waals surface area contributed by atoms with E-state index in [9.17, 15) is 22.0 Å². The van der Waals surface area contributed by atoms with E-state index in [1.807, 2.05) is 26.0 Å². The van der Waals surface area contributed by atoms with Crippen LogP contribution in [0.1, 0.15) is 47.7 Å². The lowest BCUT2D eigenvalue weighted by atomic mass is 10.00. The third-order valence-electron chi connectivity index (χ3n) is 6.81. The number of aryl methyl sites for hydroxylation is 1. The standard InChI is InChI=1S/C29H29F2N3O5S/c1-16-5-10-21-25(40(4,36)37)15-26(39-24-12-11-23(38-3)27(30)28(24)31)33-34(21)22(13-16)18-6-9-20(17(2)14-18)29(35)32-19-7-8-19/h6,9-16,19H,5,7-8H2,1-4H3,(H,32,35). The molecule has 11 heteroatoms. The third kappa shape index (κ3) is 5.51. The predicted octanol–water partition coefficient (Wildman–Crippen LogP) is 5.08. The van der Waals surface area contributed by atoms with E-state index in [-0.39, 0.29) is 34.4 Å². The molecule has 0 saturated heterocycles. The number of amides is 1. The fraction of sp³-hybridized carbons (Fsp3) is 0.310. The average molecular weight is 570 g/mol. The number of ether oxygens (including phenoxy) is 2. The Morgan fingerprint density at radius 2 is 1.80 bits per heavy atom. The van der Waals surface area contributed by atoms with Crippen molar-refractivity contribution in [2.75, 3.05) is 13.4 Å². The van der Waals surface area contributed by atoms with Crippen molar-refractivity contribution >= 4 is 27.3 Å². The molecule has 1 aliphatic carbocycles. The van der Waals surface area contributed by atoms with Crippen LogP contribution in [-0.2, 0) is 9.84 Å². The van der Waals surface area contributed by atoms with Crippen LogP contribution in [0.25, 0.3) is 5.70 Å². The Balaban J connectivity index is 1.57. The molecule has 1 saturated carbocycles. The second-order valence-electron chi connectivity index (χ2n) is 10.2. The summed E-state index contributed by atoms with van der Waals surface area (Å²) in [4.78, 5) is 12.6. The number of nitrogens with one attached hydrogen (secondary N) is 1. The summed E-state index contributed by atoms with van der Waals surface area (Å²) in [5.41, 5.74) is 2.87. The van der Waals surface area contributed by atoms with Gasteiger partial charge in [0, 0.05) is 29.5 Å². The molecule has 8 nitrogen and oxygen atoms in total. The summed E-state index contributed by atoms with van der Waals surface area (Å²) in [6.45, 7) is 3.82. The predicted molar refractivity (Wildman–Crippen MR) is 147 cm³/mol. The molecular formula is C29H29F2N3O5S. The second kappa shape index (κ2) is 10.5. The molecule has 40 heavy (non-hydrogen) atoms. The quantitative estimate of drug-likeness (QED) is 0.522. The molecule has 5 rings (SSSR count). The largest absolute Gasteiger partial charge is 0.494 e. The SMILES string of the molecule is COc1ccc(OC2=NN3C(=CCC(C)C=C3c3ccc(C(=O)NC4CC4)c(C)c3)C(S(C)(=O)=O)=C2)c(F)c1F. The Kier molecular flexibility index (Phi) is 7.26. The normalized spacial score (nSPS) is 18.9. The summed E-state index contributed by atoms with van der Waals surface area (Å²) in [5.74, 6) is -3.70. The van der Waals surface area contributed by atoms with Crippen LogP contribution < -0.4 is 14.8 Å². The van der Waals surface area contributed by atoms with Crippen molar-refractivity contribution in [3.63, 3.8) is 0 Å². The number of methoxy groups -OCH3 is 1. The van der Waals surface area contributed by atoms with E-state index in [1.165, 1.54) is 30.3 Å². The number of sulfone groups is 1. The first-order valence-electron chi connectivity index (χ1n) is 12.8. The zero-order valence-electron chi connectivity index (χ0n) is 22.5. The van der Waals surface area contributed by atoms with Crippen molar-refractivity contribution in [2.45, 2.75) is 39.2 Å². The van der Waals surface area contributed by atoms with Crippen LogP contribution >= 0.6 is 0 Å². The fourth-order valence-corrected chi connectivity index (χ4v) is 5.41. The number of hydrogen-bond donors (Lipinski definition) is 1. The van der Waals surface area contributed by atoms with Gasteiger partial charge in [-0.05, 0) is 61.9 Å². The number of hydrogen-bond acceptors (Lipinski definition) is 7. The van der Waals surface area contributed by atoms with Crippen LogP contribution in [0.5, 0.6) is 11.5 Å². The average Bonchev–Trinajstić information content (AvgIpc) is 3.73. The van der Waals surface area contributed by atoms with Gasteiger partial charge in [-0.3, -0.25) is 4.79 Å². The number of nitrogens with zero attached hydrogens (tertiary/aromatic N) is 2. The first kappa shape index (κ1) is 27.6. The van der Waals surface area contributed by atoms with Crippen molar-refractivity contribution in [1.82, 2.24) is 10.3 Å². The summed E-state index contributed by atoms with van der Waals surface area (Å²) in [6.07, 6.45) is 8.47. The molecular weight excluding hydrogens is 540 g/mol. The molecule has 2 heterocycles. The summed E-state index contributed by atoms with van der Waals surface area (Å²) in [7, 11) is -2.59. The zero-order valence-corrected chi connectivity index (χ0v) is 23.3. The van der Waals surface area contributed by atoms with Crippen LogP contribution in [0.2, 0.25) is 0 Å². The lowest BCUT2D eigenvalue weighted by molar-refractivity contribution is 0.0950. The summed E-state index contributed by atoms with van der Waals surface area (Å²) < 4.78 is 65.2. The van der Waals surface area contributed by atoms with Crippen LogP contribution in [0.3, 0.4) is 0 Å². The lowest BCUT2D eigenvalue weighted by Gasteiger charge is -2.29. The minimum Gasteiger partial charge on any atom is -0.494 e. The number of benzene rings is 2. The van der Waals surface area contributed by atoms with E-state index < -0.39 is 27.2 Å². The fourth-order valence-electron chi connectivity index (χ4n) is 4.55. The molecule has 1 amide bonds. The third-order valence-corrected chi connectivity index (χ3v) is 7.94. The van der Waals surface area contributed by atoms with Gasteiger partial charge in [0.2, 0.25) is 17.5 Å². The van der Waals surface area contributed by atoms with Gasteiger partial charge in [0.25, 0.3) is 5.91 Å². The maximum atomic E-state index is 14.7. The van der Waals surface area contributed by atoms with Gasteiger partial charge in [0.1, 0.15) is 0 Å². The number of halogens is 2. The lowest BCUT2D eigenvalue weighted by Crippen LogP contribution is -2.28. The van der Waals surface area contributed by atoms with Crippen LogP contribution in [-0.4, -0.2) is 44.6 Å². The van der Waals surface area contributed by atoms with Crippen molar-refractivity contribution in [2.24, 2.45) is 11.0 Å². The molecule has 210 valence electrons. The highest BCUT2D eigenvalue weighted by atomic mass is 32.2. The molecule has 3 aliphatic rings. The molecule has 2 aliphatic heterocycles. The minimum atomic E-state index is -3.80. The molecule has 0 bridgehead atoms. The van der Waals surface area contributed by atoms with E-state index in [0.717, 1.165) is 24.7 Å². The van der Waals surface area contributed by atoms with E-state index in [1.54, 1.807) is 18.2 Å². The minimum absolute atomic E-state index is 0.0137. The van der Waals surface area contributed by atoms with E-state index in [0.29, 0.717) is 28.9 Å². The highest BCUT2D eigenvalue weighted by Crippen LogP contribution is 2.38. The van der Waals surface area contributed by atoms with E-state index >= 15 is 0 Å². The van der Waals surface area contributed by atoms with Gasteiger partial charge in [-0.25, -0.2) is 13.4 Å². The molecule has 1 fully saturated rings. The monoisotopic (exact) mass is 569 g/mol. The first-order valence-corrected chi connectivity index (χ1v) is 14.7.